The molecule has 7 heteroatoms. The minimum Gasteiger partial charge on any atom is -0.330 e. The number of aromatic amines is 1. The number of imidazole rings is 1. The van der Waals surface area contributed by atoms with Crippen LogP contribution in [0.2, 0.25) is 0 Å². The van der Waals surface area contributed by atoms with Gasteiger partial charge in [-0.3, -0.25) is 0 Å². The number of aromatic nitrogens is 3. The summed E-state index contributed by atoms with van der Waals surface area (Å²) >= 11 is 10.3. The molecule has 0 spiro atoms. The second kappa shape index (κ2) is 5.30. The average molecular weight is 386 g/mol. The maximum atomic E-state index is 13.7. The number of fused-ring (bicyclic) bond motifs is 1. The van der Waals surface area contributed by atoms with Gasteiger partial charge in [0.1, 0.15) is 5.82 Å². The molecule has 1 N–H and O–H groups in total. The predicted octanol–water partition coefficient (Wildman–Crippen LogP) is 5.28. The number of hydrogen-bond acceptors (Lipinski definition) is 3. The normalized spacial score (nSPS) is 13.0. The number of nitrogens with one attached hydrogen (secondary N) is 1. The maximum absolute atomic E-state index is 13.7. The molecule has 110 valence electrons. The van der Waals surface area contributed by atoms with Crippen LogP contribution in [0, 0.1) is 24.4 Å². The molecule has 3 rings (SSSR count). The Morgan fingerprint density at radius 2 is 2.14 bits per heavy atom. The summed E-state index contributed by atoms with van der Waals surface area (Å²) < 4.78 is 16.7. The number of aryl methyl sites for hydroxylation is 2. The van der Waals surface area contributed by atoms with Crippen LogP contribution in [0.3, 0.4) is 0 Å². The Balaban J connectivity index is 2.24. The topological polar surface area (TPSA) is 33.6 Å². The first-order chi connectivity index (χ1) is 9.88. The lowest BCUT2D eigenvalue weighted by Gasteiger charge is -2.14. The van der Waals surface area contributed by atoms with Gasteiger partial charge in [-0.05, 0) is 55.0 Å². The molecule has 1 atom stereocenters. The smallest absolute Gasteiger partial charge is 0.178 e. The highest BCUT2D eigenvalue weighted by atomic mass is 79.9. The van der Waals surface area contributed by atoms with Crippen molar-refractivity contribution in [3.05, 3.63) is 42.8 Å². The minimum absolute atomic E-state index is 0.0508. The molecule has 0 saturated heterocycles. The number of benzene rings is 1. The van der Waals surface area contributed by atoms with Gasteiger partial charge >= 0.3 is 0 Å². The fraction of sp³-hybridized carbons (Fsp3) is 0.286. The van der Waals surface area contributed by atoms with E-state index < -0.39 is 0 Å². The van der Waals surface area contributed by atoms with Crippen LogP contribution in [0.25, 0.3) is 11.0 Å². The highest BCUT2D eigenvalue weighted by molar-refractivity contribution is 9.10. The van der Waals surface area contributed by atoms with Gasteiger partial charge in [0.05, 0.1) is 37.1 Å². The first-order valence-electron chi connectivity index (χ1n) is 6.41. The van der Waals surface area contributed by atoms with E-state index in [0.717, 1.165) is 16.2 Å². The lowest BCUT2D eigenvalue weighted by Crippen LogP contribution is -2.06. The summed E-state index contributed by atoms with van der Waals surface area (Å²) in [5.41, 5.74) is 2.60. The zero-order valence-electron chi connectivity index (χ0n) is 11.7. The molecule has 2 aromatic heterocycles. The Bertz CT molecular complexity index is 894. The van der Waals surface area contributed by atoms with Gasteiger partial charge < -0.3 is 9.55 Å². The van der Waals surface area contributed by atoms with Crippen LogP contribution >= 0.6 is 39.5 Å². The largest absolute Gasteiger partial charge is 0.330 e. The summed E-state index contributed by atoms with van der Waals surface area (Å²) in [6.07, 6.45) is 0. The van der Waals surface area contributed by atoms with Crippen molar-refractivity contribution in [1.82, 2.24) is 14.5 Å². The van der Waals surface area contributed by atoms with E-state index in [1.54, 1.807) is 17.4 Å². The molecule has 0 aliphatic carbocycles. The number of rotatable bonds is 2. The second-order valence-electron chi connectivity index (χ2n) is 4.94. The molecular formula is C14H13BrFN3S2. The van der Waals surface area contributed by atoms with Crippen LogP contribution < -0.4 is 0 Å². The Hall–Kier alpha value is -1.05. The highest BCUT2D eigenvalue weighted by Crippen LogP contribution is 2.32. The standard InChI is InChI=1S/C14H13BrFN3S2/c1-6-13(21-8(3)17-6)7(2)19-12-4-9(15)10(16)5-11(12)18-14(19)20/h4-5,7H,1-3H3,(H,18,20). The molecule has 0 aliphatic heterocycles. The molecule has 0 amide bonds. The first-order valence-corrected chi connectivity index (χ1v) is 8.43. The van der Waals surface area contributed by atoms with Gasteiger partial charge in [-0.15, -0.1) is 11.3 Å². The molecule has 0 fully saturated rings. The van der Waals surface area contributed by atoms with Gasteiger partial charge in [-0.1, -0.05) is 0 Å². The molecule has 3 nitrogen and oxygen atoms in total. The summed E-state index contributed by atoms with van der Waals surface area (Å²) in [6.45, 7) is 6.08. The van der Waals surface area contributed by atoms with Crippen LogP contribution in [-0.4, -0.2) is 14.5 Å². The zero-order valence-corrected chi connectivity index (χ0v) is 14.9. The van der Waals surface area contributed by atoms with Gasteiger partial charge in [-0.2, -0.15) is 0 Å². The van der Waals surface area contributed by atoms with Crippen molar-refractivity contribution in [3.63, 3.8) is 0 Å². The summed E-state index contributed by atoms with van der Waals surface area (Å²) in [6, 6.07) is 3.27. The SMILES string of the molecule is Cc1nc(C)c(C(C)n2c(=S)[nH]c3cc(F)c(Br)cc32)s1. The first kappa shape index (κ1) is 14.9. The van der Waals surface area contributed by atoms with E-state index in [-0.39, 0.29) is 11.9 Å². The molecule has 0 bridgehead atoms. The summed E-state index contributed by atoms with van der Waals surface area (Å²) in [4.78, 5) is 8.72. The molecule has 0 saturated carbocycles. The Morgan fingerprint density at radius 1 is 1.43 bits per heavy atom. The third-order valence-corrected chi connectivity index (χ3v) is 5.61. The van der Waals surface area contributed by atoms with E-state index in [4.69, 9.17) is 12.2 Å². The van der Waals surface area contributed by atoms with Gasteiger partial charge in [0.25, 0.3) is 0 Å². The molecule has 1 aromatic carbocycles. The van der Waals surface area contributed by atoms with Crippen LogP contribution in [0.15, 0.2) is 16.6 Å². The quantitative estimate of drug-likeness (QED) is 0.608. The van der Waals surface area contributed by atoms with Crippen molar-refractivity contribution in [2.24, 2.45) is 0 Å². The van der Waals surface area contributed by atoms with Crippen molar-refractivity contribution in [2.75, 3.05) is 0 Å². The van der Waals surface area contributed by atoms with E-state index in [1.807, 2.05) is 18.4 Å². The van der Waals surface area contributed by atoms with E-state index in [9.17, 15) is 4.39 Å². The maximum Gasteiger partial charge on any atom is 0.178 e. The molecule has 21 heavy (non-hydrogen) atoms. The monoisotopic (exact) mass is 385 g/mol. The van der Waals surface area contributed by atoms with Gasteiger partial charge in [0.15, 0.2) is 4.77 Å². The Labute approximate surface area is 139 Å². The van der Waals surface area contributed by atoms with Crippen LogP contribution in [0.1, 0.15) is 28.5 Å². The molecule has 1 unspecified atom stereocenters. The minimum atomic E-state index is -0.302. The number of H-pyrrole nitrogens is 1. The van der Waals surface area contributed by atoms with Crippen LogP contribution in [0.4, 0.5) is 4.39 Å². The Morgan fingerprint density at radius 3 is 2.76 bits per heavy atom. The summed E-state index contributed by atoms with van der Waals surface area (Å²) in [5, 5.41) is 1.04. The number of hydrogen-bond donors (Lipinski definition) is 1. The van der Waals surface area contributed by atoms with Crippen molar-refractivity contribution >= 4 is 50.5 Å². The molecule has 0 aliphatic rings. The van der Waals surface area contributed by atoms with Crippen LogP contribution in [-0.2, 0) is 0 Å². The third-order valence-electron chi connectivity index (χ3n) is 3.46. The van der Waals surface area contributed by atoms with Crippen molar-refractivity contribution in [3.8, 4) is 0 Å². The van der Waals surface area contributed by atoms with E-state index in [1.165, 1.54) is 10.9 Å². The van der Waals surface area contributed by atoms with E-state index in [2.05, 4.69) is 32.8 Å². The fourth-order valence-electron chi connectivity index (χ4n) is 2.56. The molecule has 2 heterocycles. The second-order valence-corrected chi connectivity index (χ2v) is 7.42. The van der Waals surface area contributed by atoms with Gasteiger partial charge in [0.2, 0.25) is 0 Å². The van der Waals surface area contributed by atoms with E-state index in [0.29, 0.717) is 14.8 Å². The zero-order chi connectivity index (χ0) is 15.3. The van der Waals surface area contributed by atoms with Crippen molar-refractivity contribution in [1.29, 1.82) is 0 Å². The van der Waals surface area contributed by atoms with Gasteiger partial charge in [-0.25, -0.2) is 9.37 Å². The lowest BCUT2D eigenvalue weighted by atomic mass is 10.2. The highest BCUT2D eigenvalue weighted by Gasteiger charge is 2.19. The number of halogens is 2. The van der Waals surface area contributed by atoms with Gasteiger partial charge in [0, 0.05) is 6.07 Å². The number of nitrogens with zero attached hydrogens (tertiary/aromatic N) is 2. The van der Waals surface area contributed by atoms with Crippen molar-refractivity contribution in [2.45, 2.75) is 26.8 Å². The summed E-state index contributed by atoms with van der Waals surface area (Å²) in [5.74, 6) is -0.302. The summed E-state index contributed by atoms with van der Waals surface area (Å²) in [7, 11) is 0. The average Bonchev–Trinajstić information content (AvgIpc) is 2.89. The lowest BCUT2D eigenvalue weighted by molar-refractivity contribution is 0.621. The Kier molecular flexibility index (Phi) is 3.75. The fourth-order valence-corrected chi connectivity index (χ4v) is 4.22. The van der Waals surface area contributed by atoms with Crippen molar-refractivity contribution < 1.29 is 4.39 Å². The molecular weight excluding hydrogens is 373 g/mol. The number of thiazole rings is 1. The molecule has 3 aromatic rings. The van der Waals surface area contributed by atoms with E-state index >= 15 is 0 Å². The third kappa shape index (κ3) is 2.47. The van der Waals surface area contributed by atoms with Crippen LogP contribution in [0.5, 0.6) is 0 Å². The molecule has 0 radical (unpaired) electrons. The predicted molar refractivity (Wildman–Crippen MR) is 90.2 cm³/mol.